The van der Waals surface area contributed by atoms with Crippen LogP contribution in [-0.4, -0.2) is 36.7 Å². The lowest BCUT2D eigenvalue weighted by Gasteiger charge is -2.44. The minimum absolute atomic E-state index is 0.000815. The number of carbonyl (C=O) groups excluding carboxylic acids is 1. The average Bonchev–Trinajstić information content (AvgIpc) is 2.78. The van der Waals surface area contributed by atoms with E-state index in [1.54, 1.807) is 12.1 Å². The minimum Gasteiger partial charge on any atom is -0.445 e. The number of amides is 1. The lowest BCUT2D eigenvalue weighted by molar-refractivity contribution is -0.0340. The van der Waals surface area contributed by atoms with Gasteiger partial charge in [0.1, 0.15) is 6.10 Å². The van der Waals surface area contributed by atoms with Crippen molar-refractivity contribution in [2.45, 2.75) is 44.2 Å². The second-order valence-electron chi connectivity index (χ2n) is 8.81. The Bertz CT molecular complexity index is 1000. The summed E-state index contributed by atoms with van der Waals surface area (Å²) in [7, 11) is 0. The van der Waals surface area contributed by atoms with E-state index in [1.165, 1.54) is 6.07 Å². The topological polar surface area (TPSA) is 41.6 Å². The molecule has 2 bridgehead atoms. The summed E-state index contributed by atoms with van der Waals surface area (Å²) in [5.41, 5.74) is 2.39. The van der Waals surface area contributed by atoms with E-state index in [0.29, 0.717) is 11.5 Å². The maximum atomic E-state index is 14.3. The fourth-order valence-electron chi connectivity index (χ4n) is 5.22. The number of hydrogen-bond donors (Lipinski definition) is 1. The highest BCUT2D eigenvalue weighted by Crippen LogP contribution is 2.35. The van der Waals surface area contributed by atoms with Crippen molar-refractivity contribution < 1.29 is 22.7 Å². The van der Waals surface area contributed by atoms with Crippen molar-refractivity contribution in [2.24, 2.45) is 5.92 Å². The summed E-state index contributed by atoms with van der Waals surface area (Å²) in [6.07, 6.45) is 4.13. The first kappa shape index (κ1) is 20.4. The van der Waals surface area contributed by atoms with E-state index in [4.69, 9.17) is 4.74 Å². The zero-order valence-corrected chi connectivity index (χ0v) is 17.2. The number of halogens is 3. The number of nitrogens with one attached hydrogen (secondary N) is 1. The molecule has 3 aliphatic heterocycles. The summed E-state index contributed by atoms with van der Waals surface area (Å²) in [6.45, 7) is 2.94. The number of piperidine rings is 3. The van der Waals surface area contributed by atoms with Crippen molar-refractivity contribution in [1.82, 2.24) is 10.2 Å². The fourth-order valence-corrected chi connectivity index (χ4v) is 5.22. The lowest BCUT2D eigenvalue weighted by Crippen LogP contribution is -2.52. The van der Waals surface area contributed by atoms with Gasteiger partial charge in [0.05, 0.1) is 6.04 Å². The Labute approximate surface area is 179 Å². The van der Waals surface area contributed by atoms with Crippen molar-refractivity contribution in [3.8, 4) is 11.1 Å². The summed E-state index contributed by atoms with van der Waals surface area (Å²) in [5.74, 6) is -3.47. The van der Waals surface area contributed by atoms with Crippen molar-refractivity contribution >= 4 is 6.09 Å². The minimum atomic E-state index is -1.48. The summed E-state index contributed by atoms with van der Waals surface area (Å²) in [4.78, 5) is 15.0. The molecule has 2 atom stereocenters. The van der Waals surface area contributed by atoms with Crippen LogP contribution < -0.4 is 5.32 Å². The Kier molecular flexibility index (Phi) is 5.38. The number of fused-ring (bicyclic) bond motifs is 4. The van der Waals surface area contributed by atoms with Gasteiger partial charge in [-0.15, -0.1) is 0 Å². The van der Waals surface area contributed by atoms with Gasteiger partial charge in [-0.3, -0.25) is 4.90 Å². The van der Waals surface area contributed by atoms with E-state index in [0.717, 1.165) is 68.9 Å². The van der Waals surface area contributed by atoms with Crippen LogP contribution in [0.5, 0.6) is 0 Å². The number of nitrogens with zero attached hydrogens (tertiary/aromatic N) is 1. The number of rotatable bonds is 3. The number of aryl methyl sites for hydroxylation is 1. The van der Waals surface area contributed by atoms with Crippen LogP contribution in [0.15, 0.2) is 30.3 Å². The number of carbonyl (C=O) groups is 1. The van der Waals surface area contributed by atoms with E-state index in [9.17, 15) is 18.0 Å². The quantitative estimate of drug-likeness (QED) is 0.700. The van der Waals surface area contributed by atoms with E-state index < -0.39 is 23.5 Å². The molecule has 3 heterocycles. The van der Waals surface area contributed by atoms with Crippen LogP contribution in [0.4, 0.5) is 18.0 Å². The molecule has 4 aliphatic rings. The Hall–Kier alpha value is -2.54. The predicted molar refractivity (Wildman–Crippen MR) is 110 cm³/mol. The molecule has 2 aromatic rings. The molecule has 0 radical (unpaired) electrons. The van der Waals surface area contributed by atoms with Crippen molar-refractivity contribution in [3.63, 3.8) is 0 Å². The normalized spacial score (nSPS) is 26.9. The molecule has 7 heteroatoms. The van der Waals surface area contributed by atoms with E-state index in [1.807, 2.05) is 6.07 Å². The maximum Gasteiger partial charge on any atom is 0.407 e. The molecule has 4 nitrogen and oxygen atoms in total. The average molecular weight is 430 g/mol. The Morgan fingerprint density at radius 1 is 1.03 bits per heavy atom. The molecule has 1 unspecified atom stereocenters. The van der Waals surface area contributed by atoms with Gasteiger partial charge in [-0.1, -0.05) is 12.1 Å². The van der Waals surface area contributed by atoms with Gasteiger partial charge in [0.25, 0.3) is 0 Å². The maximum absolute atomic E-state index is 14.3. The standard InChI is InChI=1S/C24H25F3N2O2/c25-19-7-6-17(22(26)23(19)27)16-5-4-14-2-1-3-20(18(14)12-16)28-24(30)31-21-13-29-10-8-15(21)9-11-29/h4-7,12,15,20-21H,1-3,8-11,13H2,(H,28,30)/t20?,21-/m0/s1. The van der Waals surface area contributed by atoms with E-state index in [2.05, 4.69) is 10.2 Å². The largest absolute Gasteiger partial charge is 0.445 e. The number of benzene rings is 2. The summed E-state index contributed by atoms with van der Waals surface area (Å²) in [6, 6.07) is 7.26. The smallest absolute Gasteiger partial charge is 0.407 e. The first-order valence-corrected chi connectivity index (χ1v) is 11.0. The highest BCUT2D eigenvalue weighted by Gasteiger charge is 2.37. The molecule has 3 fully saturated rings. The second kappa shape index (κ2) is 8.19. The number of ether oxygens (including phenoxy) is 1. The lowest BCUT2D eigenvalue weighted by atomic mass is 9.85. The zero-order valence-electron chi connectivity index (χ0n) is 17.2. The fraction of sp³-hybridized carbons (Fsp3) is 0.458. The number of hydrogen-bond acceptors (Lipinski definition) is 3. The third-order valence-electron chi connectivity index (χ3n) is 6.95. The summed E-state index contributed by atoms with van der Waals surface area (Å²) < 4.78 is 47.1. The van der Waals surface area contributed by atoms with Gasteiger partial charge in [-0.2, -0.15) is 0 Å². The van der Waals surface area contributed by atoms with E-state index in [-0.39, 0.29) is 17.7 Å². The molecule has 0 saturated carbocycles. The first-order valence-electron chi connectivity index (χ1n) is 11.0. The Morgan fingerprint density at radius 3 is 2.58 bits per heavy atom. The van der Waals surface area contributed by atoms with Crippen molar-refractivity contribution in [2.75, 3.05) is 19.6 Å². The molecule has 1 aliphatic carbocycles. The van der Waals surface area contributed by atoms with Gasteiger partial charge in [0, 0.05) is 12.1 Å². The van der Waals surface area contributed by atoms with Crippen LogP contribution in [-0.2, 0) is 11.2 Å². The van der Waals surface area contributed by atoms with Crippen molar-refractivity contribution in [1.29, 1.82) is 0 Å². The third-order valence-corrected chi connectivity index (χ3v) is 6.95. The van der Waals surface area contributed by atoms with Gasteiger partial charge in [-0.05, 0) is 86.0 Å². The molecular weight excluding hydrogens is 405 g/mol. The first-order chi connectivity index (χ1) is 15.0. The van der Waals surface area contributed by atoms with Crippen LogP contribution in [0.1, 0.15) is 42.9 Å². The van der Waals surface area contributed by atoms with Crippen LogP contribution >= 0.6 is 0 Å². The predicted octanol–water partition coefficient (Wildman–Crippen LogP) is 4.97. The SMILES string of the molecule is O=C(NC1CCCc2ccc(-c3ccc(F)c(F)c3F)cc21)O[C@H]1CN2CCC1CC2. The second-order valence-corrected chi connectivity index (χ2v) is 8.81. The van der Waals surface area contributed by atoms with Gasteiger partial charge < -0.3 is 10.1 Å². The number of alkyl carbamates (subject to hydrolysis) is 1. The zero-order chi connectivity index (χ0) is 21.5. The van der Waals surface area contributed by atoms with Gasteiger partial charge in [-0.25, -0.2) is 18.0 Å². The molecular formula is C24H25F3N2O2. The molecule has 31 heavy (non-hydrogen) atoms. The molecule has 0 spiro atoms. The highest BCUT2D eigenvalue weighted by atomic mass is 19.2. The summed E-state index contributed by atoms with van der Waals surface area (Å²) in [5, 5.41) is 2.99. The van der Waals surface area contributed by atoms with Crippen LogP contribution in [0.2, 0.25) is 0 Å². The molecule has 2 aromatic carbocycles. The van der Waals surface area contributed by atoms with Crippen molar-refractivity contribution in [3.05, 3.63) is 58.9 Å². The summed E-state index contributed by atoms with van der Waals surface area (Å²) >= 11 is 0. The van der Waals surface area contributed by atoms with Crippen LogP contribution in [0.25, 0.3) is 11.1 Å². The molecule has 6 rings (SSSR count). The van der Waals surface area contributed by atoms with Crippen LogP contribution in [0, 0.1) is 23.4 Å². The third kappa shape index (κ3) is 3.91. The van der Waals surface area contributed by atoms with Gasteiger partial charge in [0.15, 0.2) is 17.5 Å². The highest BCUT2D eigenvalue weighted by molar-refractivity contribution is 5.70. The van der Waals surface area contributed by atoms with Gasteiger partial charge in [0.2, 0.25) is 0 Å². The molecule has 0 aromatic heterocycles. The molecule has 164 valence electrons. The molecule has 3 saturated heterocycles. The van der Waals surface area contributed by atoms with E-state index >= 15 is 0 Å². The Balaban J connectivity index is 1.35. The molecule has 1 amide bonds. The monoisotopic (exact) mass is 430 g/mol. The van der Waals surface area contributed by atoms with Crippen LogP contribution in [0.3, 0.4) is 0 Å². The Morgan fingerprint density at radius 2 is 1.84 bits per heavy atom. The van der Waals surface area contributed by atoms with Gasteiger partial charge >= 0.3 is 6.09 Å². The molecule has 1 N–H and O–H groups in total.